The first-order valence-corrected chi connectivity index (χ1v) is 10.5. The van der Waals surface area contributed by atoms with E-state index in [0.29, 0.717) is 24.3 Å². The van der Waals surface area contributed by atoms with Crippen molar-refractivity contribution in [1.82, 2.24) is 10.2 Å². The van der Waals surface area contributed by atoms with Crippen molar-refractivity contribution in [1.29, 1.82) is 0 Å². The van der Waals surface area contributed by atoms with Crippen LogP contribution in [0.4, 0.5) is 13.2 Å². The second-order valence-corrected chi connectivity index (χ2v) is 7.57. The highest BCUT2D eigenvalue weighted by atomic mass is 19.4. The number of nitrogens with zero attached hydrogens (tertiary/aromatic N) is 1. The van der Waals surface area contributed by atoms with Gasteiger partial charge in [-0.3, -0.25) is 9.69 Å². The third-order valence-corrected chi connectivity index (χ3v) is 5.16. The number of ether oxygens (including phenoxy) is 2. The zero-order chi connectivity index (χ0) is 23.0. The lowest BCUT2D eigenvalue weighted by molar-refractivity contribution is -0.137. The van der Waals surface area contributed by atoms with E-state index in [0.717, 1.165) is 56.3 Å². The number of halogens is 3. The van der Waals surface area contributed by atoms with Crippen LogP contribution < -0.4 is 10.1 Å². The number of allylic oxidation sites excluding steroid dienone is 1. The second kappa shape index (κ2) is 11.2. The lowest BCUT2D eigenvalue weighted by atomic mass is 10.0. The molecule has 0 saturated carbocycles. The summed E-state index contributed by atoms with van der Waals surface area (Å²) in [5.74, 6) is 0.419. The fourth-order valence-electron chi connectivity index (χ4n) is 3.30. The highest BCUT2D eigenvalue weighted by Gasteiger charge is 2.29. The van der Waals surface area contributed by atoms with Crippen molar-refractivity contribution < 1.29 is 27.4 Å². The van der Waals surface area contributed by atoms with Gasteiger partial charge in [0, 0.05) is 32.3 Å². The first-order chi connectivity index (χ1) is 15.3. The summed E-state index contributed by atoms with van der Waals surface area (Å²) in [5.41, 5.74) is 1.31. The van der Waals surface area contributed by atoms with Gasteiger partial charge in [0.25, 0.3) is 0 Å². The molecule has 172 valence electrons. The van der Waals surface area contributed by atoms with Crippen molar-refractivity contribution in [2.24, 2.45) is 0 Å². The first-order valence-electron chi connectivity index (χ1n) is 10.5. The molecule has 2 aromatic rings. The van der Waals surface area contributed by atoms with E-state index in [1.165, 1.54) is 18.2 Å². The SMILES string of the molecule is CC(=CC(=O)NCc1cccc(OCCN2CCOCC2)c1)c1ccc(C(F)(F)F)cc1. The van der Waals surface area contributed by atoms with E-state index in [-0.39, 0.29) is 5.91 Å². The van der Waals surface area contributed by atoms with Gasteiger partial charge in [0.1, 0.15) is 12.4 Å². The Balaban J connectivity index is 1.48. The van der Waals surface area contributed by atoms with Gasteiger partial charge < -0.3 is 14.8 Å². The Kier molecular flexibility index (Phi) is 8.30. The molecule has 0 radical (unpaired) electrons. The van der Waals surface area contributed by atoms with Gasteiger partial charge in [-0.25, -0.2) is 0 Å². The molecule has 1 amide bonds. The number of hydrogen-bond acceptors (Lipinski definition) is 4. The van der Waals surface area contributed by atoms with E-state index in [2.05, 4.69) is 10.2 Å². The molecule has 1 aliphatic heterocycles. The number of amides is 1. The molecule has 0 aliphatic carbocycles. The van der Waals surface area contributed by atoms with Gasteiger partial charge in [-0.15, -0.1) is 0 Å². The molecule has 32 heavy (non-hydrogen) atoms. The molecule has 0 atom stereocenters. The Morgan fingerprint density at radius 2 is 1.88 bits per heavy atom. The maximum atomic E-state index is 12.7. The minimum atomic E-state index is -4.38. The number of rotatable bonds is 8. The van der Waals surface area contributed by atoms with Crippen LogP contribution in [0.25, 0.3) is 5.57 Å². The molecule has 0 unspecified atom stereocenters. The van der Waals surface area contributed by atoms with E-state index < -0.39 is 11.7 Å². The van der Waals surface area contributed by atoms with Gasteiger partial charge in [-0.1, -0.05) is 24.3 Å². The van der Waals surface area contributed by atoms with E-state index in [1.807, 2.05) is 24.3 Å². The van der Waals surface area contributed by atoms with Crippen LogP contribution in [0.15, 0.2) is 54.6 Å². The quantitative estimate of drug-likeness (QED) is 0.617. The van der Waals surface area contributed by atoms with E-state index in [1.54, 1.807) is 6.92 Å². The summed E-state index contributed by atoms with van der Waals surface area (Å²) in [7, 11) is 0. The Morgan fingerprint density at radius 3 is 2.56 bits per heavy atom. The fraction of sp³-hybridized carbons (Fsp3) is 0.375. The zero-order valence-electron chi connectivity index (χ0n) is 18.0. The van der Waals surface area contributed by atoms with Crippen molar-refractivity contribution in [2.45, 2.75) is 19.6 Å². The van der Waals surface area contributed by atoms with Crippen molar-refractivity contribution in [3.05, 3.63) is 71.3 Å². The monoisotopic (exact) mass is 448 g/mol. The van der Waals surface area contributed by atoms with Crippen molar-refractivity contribution >= 4 is 11.5 Å². The van der Waals surface area contributed by atoms with Crippen LogP contribution in [0, 0.1) is 0 Å². The standard InChI is InChI=1S/C24H27F3N2O3/c1-18(20-5-7-21(8-6-20)24(25,26)27)15-23(30)28-17-19-3-2-4-22(16-19)32-14-11-29-9-12-31-13-10-29/h2-8,15-16H,9-14,17H2,1H3,(H,28,30). The highest BCUT2D eigenvalue weighted by molar-refractivity contribution is 5.94. The molecule has 0 aromatic heterocycles. The van der Waals surface area contributed by atoms with E-state index in [4.69, 9.17) is 9.47 Å². The van der Waals surface area contributed by atoms with Gasteiger partial charge in [0.05, 0.1) is 18.8 Å². The first kappa shape index (κ1) is 23.8. The van der Waals surface area contributed by atoms with Crippen LogP contribution >= 0.6 is 0 Å². The molecular formula is C24H27F3N2O3. The van der Waals surface area contributed by atoms with Crippen molar-refractivity contribution in [3.8, 4) is 5.75 Å². The number of nitrogens with one attached hydrogen (secondary N) is 1. The molecule has 0 bridgehead atoms. The summed E-state index contributed by atoms with van der Waals surface area (Å²) in [6.45, 7) is 6.73. The largest absolute Gasteiger partial charge is 0.492 e. The normalized spacial score (nSPS) is 15.4. The third kappa shape index (κ3) is 7.39. The number of benzene rings is 2. The summed E-state index contributed by atoms with van der Waals surface area (Å²) < 4.78 is 49.2. The summed E-state index contributed by atoms with van der Waals surface area (Å²) in [6.07, 6.45) is -3.00. The lowest BCUT2D eigenvalue weighted by Gasteiger charge is -2.26. The van der Waals surface area contributed by atoms with Gasteiger partial charge >= 0.3 is 6.18 Å². The number of hydrogen-bond donors (Lipinski definition) is 1. The number of carbonyl (C=O) groups excluding carboxylic acids is 1. The molecule has 1 N–H and O–H groups in total. The van der Waals surface area contributed by atoms with Crippen LogP contribution in [0.1, 0.15) is 23.6 Å². The van der Waals surface area contributed by atoms with Gasteiger partial charge in [0.15, 0.2) is 0 Å². The molecule has 1 aliphatic rings. The smallest absolute Gasteiger partial charge is 0.416 e. The molecule has 3 rings (SSSR count). The molecule has 1 heterocycles. The topological polar surface area (TPSA) is 50.8 Å². The average molecular weight is 448 g/mol. The predicted molar refractivity (Wildman–Crippen MR) is 116 cm³/mol. The Labute approximate surface area is 185 Å². The molecule has 5 nitrogen and oxygen atoms in total. The fourth-order valence-corrected chi connectivity index (χ4v) is 3.30. The highest BCUT2D eigenvalue weighted by Crippen LogP contribution is 2.30. The number of morpholine rings is 1. The van der Waals surface area contributed by atoms with Gasteiger partial charge in [-0.05, 0) is 47.9 Å². The van der Waals surface area contributed by atoms with E-state index >= 15 is 0 Å². The summed E-state index contributed by atoms with van der Waals surface area (Å²) >= 11 is 0. The van der Waals surface area contributed by atoms with Crippen LogP contribution in [0.3, 0.4) is 0 Å². The summed E-state index contributed by atoms with van der Waals surface area (Å²) in [5, 5.41) is 2.80. The third-order valence-electron chi connectivity index (χ3n) is 5.16. The molecule has 1 saturated heterocycles. The Morgan fingerprint density at radius 1 is 1.16 bits per heavy atom. The number of alkyl halides is 3. The van der Waals surface area contributed by atoms with Crippen LogP contribution in [-0.2, 0) is 22.3 Å². The van der Waals surface area contributed by atoms with Crippen molar-refractivity contribution in [3.63, 3.8) is 0 Å². The van der Waals surface area contributed by atoms with Gasteiger partial charge in [-0.2, -0.15) is 13.2 Å². The maximum Gasteiger partial charge on any atom is 0.416 e. The van der Waals surface area contributed by atoms with Crippen LogP contribution in [-0.4, -0.2) is 50.3 Å². The van der Waals surface area contributed by atoms with E-state index in [9.17, 15) is 18.0 Å². The molecule has 0 spiro atoms. The molecular weight excluding hydrogens is 421 g/mol. The van der Waals surface area contributed by atoms with Crippen LogP contribution in [0.5, 0.6) is 5.75 Å². The predicted octanol–water partition coefficient (Wildman–Crippen LogP) is 4.14. The number of carbonyl (C=O) groups is 1. The minimum Gasteiger partial charge on any atom is -0.492 e. The summed E-state index contributed by atoms with van der Waals surface area (Å²) in [6, 6.07) is 12.3. The Bertz CT molecular complexity index is 921. The molecule has 1 fully saturated rings. The van der Waals surface area contributed by atoms with Crippen LogP contribution in [0.2, 0.25) is 0 Å². The average Bonchev–Trinajstić information content (AvgIpc) is 2.78. The zero-order valence-corrected chi connectivity index (χ0v) is 18.0. The van der Waals surface area contributed by atoms with Gasteiger partial charge in [0.2, 0.25) is 5.91 Å². The Hall–Kier alpha value is -2.84. The molecule has 2 aromatic carbocycles. The summed E-state index contributed by atoms with van der Waals surface area (Å²) in [4.78, 5) is 14.5. The lowest BCUT2D eigenvalue weighted by Crippen LogP contribution is -2.38. The van der Waals surface area contributed by atoms with Crippen molar-refractivity contribution in [2.75, 3.05) is 39.5 Å². The maximum absolute atomic E-state index is 12.7. The molecule has 8 heteroatoms. The minimum absolute atomic E-state index is 0.316. The second-order valence-electron chi connectivity index (χ2n) is 7.57.